The van der Waals surface area contributed by atoms with Gasteiger partial charge in [-0.15, -0.1) is 0 Å². The fourth-order valence-electron chi connectivity index (χ4n) is 4.88. The van der Waals surface area contributed by atoms with E-state index in [2.05, 4.69) is 29.2 Å². The van der Waals surface area contributed by atoms with Crippen molar-refractivity contribution in [3.8, 4) is 6.07 Å². The van der Waals surface area contributed by atoms with Gasteiger partial charge in [0.15, 0.2) is 0 Å². The maximum absolute atomic E-state index is 13.3. The monoisotopic (exact) mass is 441 g/mol. The van der Waals surface area contributed by atoms with E-state index in [1.165, 1.54) is 17.3 Å². The molecule has 0 bridgehead atoms. The maximum atomic E-state index is 13.3. The molecule has 0 saturated carbocycles. The molecule has 0 amide bonds. The van der Waals surface area contributed by atoms with E-state index in [0.717, 1.165) is 44.7 Å². The van der Waals surface area contributed by atoms with Crippen molar-refractivity contribution in [3.05, 3.63) is 59.2 Å². The van der Waals surface area contributed by atoms with Crippen molar-refractivity contribution in [3.63, 3.8) is 0 Å². The Morgan fingerprint density at radius 1 is 0.969 bits per heavy atom. The molecule has 7 heteroatoms. The Balaban J connectivity index is 1.38. The zero-order chi connectivity index (χ0) is 22.7. The molecule has 0 spiro atoms. The van der Waals surface area contributed by atoms with Crippen LogP contribution >= 0.6 is 0 Å². The standard InChI is InChI=1S/C25H26F3N3O/c26-25(27,28)24-15-23(6-3-21(24)16-29)30-12-8-20(9-13-30)19-1-4-22(5-2-19)31-11-7-18(17-31)10-14-32/h1-6,14-15,18,20H,7-13,17H2. The first-order chi connectivity index (χ1) is 15.4. The highest BCUT2D eigenvalue weighted by molar-refractivity contribution is 5.56. The second-order valence-electron chi connectivity index (χ2n) is 8.70. The van der Waals surface area contributed by atoms with Gasteiger partial charge in [-0.1, -0.05) is 12.1 Å². The summed E-state index contributed by atoms with van der Waals surface area (Å²) in [7, 11) is 0. The summed E-state index contributed by atoms with van der Waals surface area (Å²) in [5.74, 6) is 0.818. The SMILES string of the molecule is N#Cc1ccc(N2CCC(c3ccc(N4CCC(CC=O)C4)cc3)CC2)cc1C(F)(F)F. The van der Waals surface area contributed by atoms with Crippen molar-refractivity contribution in [2.75, 3.05) is 36.0 Å². The van der Waals surface area contributed by atoms with Crippen LogP contribution in [0.3, 0.4) is 0 Å². The summed E-state index contributed by atoms with van der Waals surface area (Å²) >= 11 is 0. The summed E-state index contributed by atoms with van der Waals surface area (Å²) in [5, 5.41) is 8.99. The molecule has 2 aromatic rings. The topological polar surface area (TPSA) is 47.3 Å². The smallest absolute Gasteiger partial charge is 0.371 e. The Labute approximate surface area is 186 Å². The highest BCUT2D eigenvalue weighted by Crippen LogP contribution is 2.37. The van der Waals surface area contributed by atoms with Crippen LogP contribution in [0, 0.1) is 17.2 Å². The van der Waals surface area contributed by atoms with Gasteiger partial charge in [0.2, 0.25) is 0 Å². The molecule has 2 heterocycles. The van der Waals surface area contributed by atoms with E-state index in [1.54, 1.807) is 12.1 Å². The van der Waals surface area contributed by atoms with Gasteiger partial charge in [0.25, 0.3) is 0 Å². The van der Waals surface area contributed by atoms with Gasteiger partial charge >= 0.3 is 6.18 Å². The minimum absolute atomic E-state index is 0.341. The number of piperidine rings is 1. The summed E-state index contributed by atoms with van der Waals surface area (Å²) < 4.78 is 39.8. The van der Waals surface area contributed by atoms with Crippen LogP contribution in [-0.2, 0) is 11.0 Å². The van der Waals surface area contributed by atoms with E-state index >= 15 is 0 Å². The van der Waals surface area contributed by atoms with Crippen LogP contribution in [0.4, 0.5) is 24.5 Å². The van der Waals surface area contributed by atoms with E-state index in [9.17, 15) is 18.0 Å². The van der Waals surface area contributed by atoms with Crippen molar-refractivity contribution < 1.29 is 18.0 Å². The van der Waals surface area contributed by atoms with Crippen LogP contribution in [0.25, 0.3) is 0 Å². The number of anilines is 2. The van der Waals surface area contributed by atoms with Crippen LogP contribution in [0.1, 0.15) is 48.3 Å². The summed E-state index contributed by atoms with van der Waals surface area (Å²) in [6, 6.07) is 14.2. The predicted molar refractivity (Wildman–Crippen MR) is 118 cm³/mol. The average molecular weight is 441 g/mol. The van der Waals surface area contributed by atoms with Crippen molar-refractivity contribution >= 4 is 17.7 Å². The molecule has 168 valence electrons. The number of carbonyl (C=O) groups excluding carboxylic acids is 1. The molecule has 0 N–H and O–H groups in total. The number of carbonyl (C=O) groups is 1. The molecule has 2 aliphatic rings. The Morgan fingerprint density at radius 3 is 2.25 bits per heavy atom. The number of benzene rings is 2. The summed E-state index contributed by atoms with van der Waals surface area (Å²) in [4.78, 5) is 15.0. The Morgan fingerprint density at radius 2 is 1.62 bits per heavy atom. The van der Waals surface area contributed by atoms with E-state index in [-0.39, 0.29) is 5.56 Å². The van der Waals surface area contributed by atoms with Crippen molar-refractivity contribution in [1.82, 2.24) is 0 Å². The van der Waals surface area contributed by atoms with E-state index in [0.29, 0.717) is 37.0 Å². The van der Waals surface area contributed by atoms with Gasteiger partial charge < -0.3 is 14.6 Å². The summed E-state index contributed by atoms with van der Waals surface area (Å²) in [5.41, 5.74) is 1.74. The molecule has 2 saturated heterocycles. The van der Waals surface area contributed by atoms with E-state index in [4.69, 9.17) is 5.26 Å². The molecule has 4 nitrogen and oxygen atoms in total. The minimum atomic E-state index is -4.54. The lowest BCUT2D eigenvalue weighted by Crippen LogP contribution is -2.33. The molecule has 2 fully saturated rings. The van der Waals surface area contributed by atoms with Gasteiger partial charge in [0, 0.05) is 44.0 Å². The van der Waals surface area contributed by atoms with Crippen LogP contribution in [0.15, 0.2) is 42.5 Å². The zero-order valence-corrected chi connectivity index (χ0v) is 17.8. The van der Waals surface area contributed by atoms with Gasteiger partial charge in [-0.05, 0) is 67.0 Å². The first kappa shape index (κ1) is 22.2. The number of alkyl halides is 3. The molecule has 0 aliphatic carbocycles. The number of nitriles is 1. The normalized spacial score (nSPS) is 19.8. The van der Waals surface area contributed by atoms with Gasteiger partial charge in [-0.25, -0.2) is 0 Å². The lowest BCUT2D eigenvalue weighted by molar-refractivity contribution is -0.137. The van der Waals surface area contributed by atoms with Crippen LogP contribution in [0.2, 0.25) is 0 Å². The molecule has 0 radical (unpaired) electrons. The Hall–Kier alpha value is -3.01. The molecular formula is C25H26F3N3O. The number of hydrogen-bond acceptors (Lipinski definition) is 4. The van der Waals surface area contributed by atoms with Gasteiger partial charge in [-0.2, -0.15) is 18.4 Å². The van der Waals surface area contributed by atoms with Crippen molar-refractivity contribution in [2.24, 2.45) is 5.92 Å². The van der Waals surface area contributed by atoms with Crippen LogP contribution in [0.5, 0.6) is 0 Å². The third-order valence-corrected chi connectivity index (χ3v) is 6.73. The minimum Gasteiger partial charge on any atom is -0.371 e. The maximum Gasteiger partial charge on any atom is 0.417 e. The number of halogens is 3. The number of hydrogen-bond donors (Lipinski definition) is 0. The molecular weight excluding hydrogens is 415 g/mol. The second-order valence-corrected chi connectivity index (χ2v) is 8.70. The van der Waals surface area contributed by atoms with Crippen molar-refractivity contribution in [2.45, 2.75) is 37.8 Å². The first-order valence-corrected chi connectivity index (χ1v) is 11.0. The quantitative estimate of drug-likeness (QED) is 0.585. The highest BCUT2D eigenvalue weighted by atomic mass is 19.4. The van der Waals surface area contributed by atoms with Crippen LogP contribution < -0.4 is 9.80 Å². The molecule has 2 aliphatic heterocycles. The first-order valence-electron chi connectivity index (χ1n) is 11.0. The average Bonchev–Trinajstić information content (AvgIpc) is 3.27. The lowest BCUT2D eigenvalue weighted by Gasteiger charge is -2.34. The fourth-order valence-corrected chi connectivity index (χ4v) is 4.88. The Bertz CT molecular complexity index is 989. The summed E-state index contributed by atoms with van der Waals surface area (Å²) in [6.45, 7) is 3.24. The largest absolute Gasteiger partial charge is 0.417 e. The zero-order valence-electron chi connectivity index (χ0n) is 17.8. The summed E-state index contributed by atoms with van der Waals surface area (Å²) in [6.07, 6.45) is -0.131. The third kappa shape index (κ3) is 4.74. The Kier molecular flexibility index (Phi) is 6.40. The molecule has 4 rings (SSSR count). The van der Waals surface area contributed by atoms with Crippen molar-refractivity contribution in [1.29, 1.82) is 5.26 Å². The number of rotatable bonds is 5. The fraction of sp³-hybridized carbons (Fsp3) is 0.440. The predicted octanol–water partition coefficient (Wildman–Crippen LogP) is 5.38. The van der Waals surface area contributed by atoms with Gasteiger partial charge in [0.1, 0.15) is 6.29 Å². The molecule has 0 aromatic heterocycles. The lowest BCUT2D eigenvalue weighted by atomic mass is 9.89. The third-order valence-electron chi connectivity index (χ3n) is 6.73. The second kappa shape index (κ2) is 9.23. The molecule has 2 aromatic carbocycles. The van der Waals surface area contributed by atoms with Gasteiger partial charge in [-0.3, -0.25) is 0 Å². The highest BCUT2D eigenvalue weighted by Gasteiger charge is 2.34. The molecule has 1 atom stereocenters. The number of nitrogens with zero attached hydrogens (tertiary/aromatic N) is 3. The van der Waals surface area contributed by atoms with E-state index < -0.39 is 11.7 Å². The molecule has 1 unspecified atom stereocenters. The molecule has 32 heavy (non-hydrogen) atoms. The van der Waals surface area contributed by atoms with E-state index in [1.807, 2.05) is 4.90 Å². The number of aldehydes is 1. The van der Waals surface area contributed by atoms with Crippen LogP contribution in [-0.4, -0.2) is 32.5 Å². The van der Waals surface area contributed by atoms with Gasteiger partial charge in [0.05, 0.1) is 17.2 Å².